The summed E-state index contributed by atoms with van der Waals surface area (Å²) in [6.45, 7) is 1.99. The summed E-state index contributed by atoms with van der Waals surface area (Å²) in [6.07, 6.45) is 0. The van der Waals surface area contributed by atoms with Gasteiger partial charge in [0.05, 0.1) is 12.7 Å². The number of hydrogen-bond donors (Lipinski definition) is 0. The van der Waals surface area contributed by atoms with Gasteiger partial charge in [-0.25, -0.2) is 4.78 Å². The lowest BCUT2D eigenvalue weighted by Gasteiger charge is -2.02. The molecule has 1 amide bonds. The highest BCUT2D eigenvalue weighted by Crippen LogP contribution is 2.18. The molecule has 1 rings (SSSR count). The van der Waals surface area contributed by atoms with Gasteiger partial charge in [0, 0.05) is 0 Å². The molecule has 0 aromatic heterocycles. The maximum atomic E-state index is 11.6. The predicted octanol–water partition coefficient (Wildman–Crippen LogP) is 2.35. The van der Waals surface area contributed by atoms with Crippen molar-refractivity contribution < 1.29 is 9.53 Å². The van der Waals surface area contributed by atoms with Crippen molar-refractivity contribution in [1.29, 1.82) is 0 Å². The monoisotopic (exact) mass is 220 g/mol. The zero-order valence-corrected chi connectivity index (χ0v) is 9.73. The Labute approximate surface area is 91.3 Å². The first-order chi connectivity index (χ1) is 7.29. The summed E-state index contributed by atoms with van der Waals surface area (Å²) in [4.78, 5) is 11.6. The van der Waals surface area contributed by atoms with E-state index in [0.717, 1.165) is 6.04 Å². The van der Waals surface area contributed by atoms with Crippen molar-refractivity contribution in [3.8, 4) is 5.75 Å². The van der Waals surface area contributed by atoms with Crippen LogP contribution >= 0.6 is 0 Å². The van der Waals surface area contributed by atoms with Crippen molar-refractivity contribution in [2.24, 2.45) is 9.89 Å². The molecule has 15 heavy (non-hydrogen) atoms. The second kappa shape index (κ2) is 6.08. The van der Waals surface area contributed by atoms with Crippen molar-refractivity contribution in [3.05, 3.63) is 29.8 Å². The van der Waals surface area contributed by atoms with Gasteiger partial charge < -0.3 is 4.74 Å². The summed E-state index contributed by atoms with van der Waals surface area (Å²) in [5.41, 5.74) is 0.449. The zero-order valence-electron chi connectivity index (χ0n) is 8.73. The molecular weight excluding hydrogens is 208 g/mol. The van der Waals surface area contributed by atoms with E-state index in [-0.39, 0.29) is 5.91 Å². The first kappa shape index (κ1) is 11.6. The number of amides is 1. The molecule has 2 radical (unpaired) electrons. The molecule has 1 aromatic carbocycles. The van der Waals surface area contributed by atoms with Crippen molar-refractivity contribution in [3.63, 3.8) is 0 Å². The van der Waals surface area contributed by atoms with Crippen LogP contribution in [-0.2, 0) is 0 Å². The molecule has 5 heteroatoms. The number of nitrogens with zero attached hydrogens (tertiary/aromatic N) is 2. The molecular formula is C10H12N2O2Si. The van der Waals surface area contributed by atoms with Crippen LogP contribution in [0.2, 0.25) is 6.04 Å². The van der Waals surface area contributed by atoms with Crippen LogP contribution in [0.15, 0.2) is 34.2 Å². The van der Waals surface area contributed by atoms with Gasteiger partial charge in [-0.3, -0.25) is 4.79 Å². The highest BCUT2D eigenvalue weighted by Gasteiger charge is 2.09. The number of hydrogen-bond acceptors (Lipinski definition) is 3. The lowest BCUT2D eigenvalue weighted by molar-refractivity contribution is 0.0993. The first-order valence-electron chi connectivity index (χ1n) is 4.60. The minimum Gasteiger partial charge on any atom is -0.496 e. The smallest absolute Gasteiger partial charge is 0.297 e. The van der Waals surface area contributed by atoms with E-state index >= 15 is 0 Å². The van der Waals surface area contributed by atoms with E-state index in [9.17, 15) is 4.79 Å². The van der Waals surface area contributed by atoms with Gasteiger partial charge in [-0.15, -0.1) is 5.11 Å². The van der Waals surface area contributed by atoms with Crippen molar-refractivity contribution in [2.75, 3.05) is 7.11 Å². The van der Waals surface area contributed by atoms with Crippen LogP contribution in [0.5, 0.6) is 5.75 Å². The van der Waals surface area contributed by atoms with Crippen molar-refractivity contribution >= 4 is 15.6 Å². The molecule has 1 aromatic rings. The Bertz CT molecular complexity index is 366. The van der Waals surface area contributed by atoms with E-state index in [1.165, 1.54) is 7.11 Å². The van der Waals surface area contributed by atoms with E-state index in [2.05, 4.69) is 9.89 Å². The quantitative estimate of drug-likeness (QED) is 0.577. The average Bonchev–Trinajstić information content (AvgIpc) is 2.29. The number of ether oxygens (including phenoxy) is 1. The Morgan fingerprint density at radius 1 is 1.47 bits per heavy atom. The SMILES string of the molecule is CC[Si]N=NC(=O)c1ccccc1OC. The summed E-state index contributed by atoms with van der Waals surface area (Å²) in [6, 6.07) is 7.89. The third-order valence-corrected chi connectivity index (χ3v) is 2.26. The van der Waals surface area contributed by atoms with Crippen LogP contribution in [0.25, 0.3) is 0 Å². The van der Waals surface area contributed by atoms with Crippen LogP contribution in [0, 0.1) is 0 Å². The van der Waals surface area contributed by atoms with Gasteiger partial charge in [-0.1, -0.05) is 19.1 Å². The fraction of sp³-hybridized carbons (Fsp3) is 0.300. The number of benzene rings is 1. The van der Waals surface area contributed by atoms with Crippen LogP contribution in [0.1, 0.15) is 17.3 Å². The van der Waals surface area contributed by atoms with E-state index in [1.54, 1.807) is 24.3 Å². The van der Waals surface area contributed by atoms with Gasteiger partial charge in [0.25, 0.3) is 5.91 Å². The molecule has 4 nitrogen and oxygen atoms in total. The Morgan fingerprint density at radius 3 is 2.87 bits per heavy atom. The molecule has 0 bridgehead atoms. The largest absolute Gasteiger partial charge is 0.496 e. The summed E-state index contributed by atoms with van der Waals surface area (Å²) >= 11 is 0. The molecule has 78 valence electrons. The molecule has 0 heterocycles. The Morgan fingerprint density at radius 2 is 2.20 bits per heavy atom. The second-order valence-electron chi connectivity index (χ2n) is 2.72. The van der Waals surface area contributed by atoms with E-state index < -0.39 is 0 Å². The standard InChI is InChI=1S/C10H12N2O2Si/c1-3-15-12-11-10(13)8-6-4-5-7-9(8)14-2/h4-7H,3H2,1-2H3. The molecule has 0 aliphatic rings. The summed E-state index contributed by atoms with van der Waals surface area (Å²) in [5.74, 6) is 0.176. The molecule has 0 fully saturated rings. The van der Waals surface area contributed by atoms with Crippen LogP contribution in [0.4, 0.5) is 0 Å². The normalized spacial score (nSPS) is 10.5. The van der Waals surface area contributed by atoms with E-state index in [1.807, 2.05) is 6.92 Å². The average molecular weight is 220 g/mol. The van der Waals surface area contributed by atoms with E-state index in [0.29, 0.717) is 21.0 Å². The molecule has 0 unspecified atom stereocenters. The van der Waals surface area contributed by atoms with Gasteiger partial charge >= 0.3 is 0 Å². The van der Waals surface area contributed by atoms with Crippen LogP contribution in [-0.4, -0.2) is 22.7 Å². The van der Waals surface area contributed by atoms with Gasteiger partial charge in [-0.2, -0.15) is 0 Å². The molecule has 0 saturated heterocycles. The Balaban J connectivity index is 2.81. The van der Waals surface area contributed by atoms with E-state index in [4.69, 9.17) is 4.74 Å². The summed E-state index contributed by atoms with van der Waals surface area (Å²) in [7, 11) is 1.87. The predicted molar refractivity (Wildman–Crippen MR) is 58.4 cm³/mol. The maximum absolute atomic E-state index is 11.6. The number of para-hydroxylation sites is 1. The second-order valence-corrected chi connectivity index (χ2v) is 3.94. The van der Waals surface area contributed by atoms with Crippen LogP contribution in [0.3, 0.4) is 0 Å². The Kier molecular flexibility index (Phi) is 4.69. The molecule has 0 saturated carbocycles. The molecule has 0 atom stereocenters. The lowest BCUT2D eigenvalue weighted by Crippen LogP contribution is -1.98. The highest BCUT2D eigenvalue weighted by atomic mass is 28.2. The van der Waals surface area contributed by atoms with Crippen LogP contribution < -0.4 is 4.74 Å². The lowest BCUT2D eigenvalue weighted by atomic mass is 10.2. The van der Waals surface area contributed by atoms with Gasteiger partial charge in [0.15, 0.2) is 0 Å². The number of rotatable bonds is 4. The molecule has 0 aliphatic heterocycles. The topological polar surface area (TPSA) is 51.0 Å². The fourth-order valence-corrected chi connectivity index (χ4v) is 1.33. The minimum absolute atomic E-state index is 0.347. The summed E-state index contributed by atoms with van der Waals surface area (Å²) < 4.78 is 8.84. The first-order valence-corrected chi connectivity index (χ1v) is 5.76. The maximum Gasteiger partial charge on any atom is 0.297 e. The minimum atomic E-state index is -0.353. The van der Waals surface area contributed by atoms with Gasteiger partial charge in [-0.05, 0) is 18.2 Å². The number of carbonyl (C=O) groups excluding carboxylic acids is 1. The highest BCUT2D eigenvalue weighted by molar-refractivity contribution is 6.32. The third kappa shape index (κ3) is 3.28. The summed E-state index contributed by atoms with van der Waals surface area (Å²) in [5, 5.41) is 3.61. The van der Waals surface area contributed by atoms with Gasteiger partial charge in [0.1, 0.15) is 5.75 Å². The van der Waals surface area contributed by atoms with Crippen molar-refractivity contribution in [1.82, 2.24) is 0 Å². The fourth-order valence-electron chi connectivity index (χ4n) is 1.03. The molecule has 0 N–H and O–H groups in total. The number of carbonyl (C=O) groups is 1. The molecule has 0 spiro atoms. The third-order valence-electron chi connectivity index (χ3n) is 1.71. The zero-order chi connectivity index (χ0) is 11.1. The molecule has 0 aliphatic carbocycles. The number of methoxy groups -OCH3 is 1. The van der Waals surface area contributed by atoms with Crippen molar-refractivity contribution in [2.45, 2.75) is 13.0 Å². The van der Waals surface area contributed by atoms with Gasteiger partial charge in [0.2, 0.25) is 9.68 Å². The Hall–Kier alpha value is -1.49.